The van der Waals surface area contributed by atoms with Gasteiger partial charge in [0, 0.05) is 0 Å². The maximum absolute atomic E-state index is 12.6. The van der Waals surface area contributed by atoms with E-state index < -0.39 is 11.1 Å². The molecule has 2 aliphatic rings. The van der Waals surface area contributed by atoms with Gasteiger partial charge in [-0.15, -0.1) is 0 Å². The molecule has 2 fully saturated rings. The molecule has 1 saturated carbocycles. The number of β-amino-alcohol motifs (C(OH)–C–C–N with tert-alkyl or cyclic N) is 1. The number of aliphatic hydroxyl groups is 1. The first-order valence-corrected chi connectivity index (χ1v) is 8.77. The molecular formula is C17H30N2O3. The quantitative estimate of drug-likeness (QED) is 0.561. The molecule has 1 aliphatic carbocycles. The number of hydrogen-bond donors (Lipinski definition) is 2. The standard InChI is InChI=1S/C17H30N2O3/c1-3-4-5-7-10-16(2)14(20)19(15(21)18-16)13-17(22)11-8-6-9-12-17/h22H,3-13H2,1-2H3,(H,18,21). The minimum absolute atomic E-state index is 0.141. The lowest BCUT2D eigenvalue weighted by Gasteiger charge is -2.34. The van der Waals surface area contributed by atoms with Crippen molar-refractivity contribution >= 4 is 11.9 Å². The van der Waals surface area contributed by atoms with E-state index in [1.165, 1.54) is 4.90 Å². The van der Waals surface area contributed by atoms with Crippen LogP contribution in [0.15, 0.2) is 0 Å². The topological polar surface area (TPSA) is 69.6 Å². The molecule has 3 amide bonds. The van der Waals surface area contributed by atoms with Gasteiger partial charge in [-0.3, -0.25) is 9.69 Å². The number of carbonyl (C=O) groups excluding carboxylic acids is 2. The summed E-state index contributed by atoms with van der Waals surface area (Å²) in [4.78, 5) is 26.1. The van der Waals surface area contributed by atoms with Gasteiger partial charge in [-0.1, -0.05) is 51.9 Å². The summed E-state index contributed by atoms with van der Waals surface area (Å²) >= 11 is 0. The van der Waals surface area contributed by atoms with E-state index in [1.807, 2.05) is 6.92 Å². The lowest BCUT2D eigenvalue weighted by molar-refractivity contribution is -0.134. The van der Waals surface area contributed by atoms with Crippen LogP contribution in [0, 0.1) is 0 Å². The van der Waals surface area contributed by atoms with Crippen LogP contribution >= 0.6 is 0 Å². The fourth-order valence-corrected chi connectivity index (χ4v) is 3.63. The number of hydrogen-bond acceptors (Lipinski definition) is 3. The molecule has 2 rings (SSSR count). The first kappa shape index (κ1) is 17.3. The van der Waals surface area contributed by atoms with Crippen molar-refractivity contribution in [2.24, 2.45) is 0 Å². The van der Waals surface area contributed by atoms with Crippen LogP contribution in [0.25, 0.3) is 0 Å². The zero-order valence-electron chi connectivity index (χ0n) is 14.0. The first-order chi connectivity index (χ1) is 10.4. The smallest absolute Gasteiger partial charge is 0.325 e. The Morgan fingerprint density at radius 2 is 1.82 bits per heavy atom. The molecule has 22 heavy (non-hydrogen) atoms. The molecule has 0 radical (unpaired) electrons. The highest BCUT2D eigenvalue weighted by Crippen LogP contribution is 2.32. The second kappa shape index (κ2) is 6.99. The number of urea groups is 1. The van der Waals surface area contributed by atoms with E-state index in [-0.39, 0.29) is 18.5 Å². The maximum atomic E-state index is 12.6. The molecule has 1 saturated heterocycles. The van der Waals surface area contributed by atoms with E-state index in [4.69, 9.17) is 0 Å². The second-order valence-corrected chi connectivity index (χ2v) is 7.25. The summed E-state index contributed by atoms with van der Waals surface area (Å²) in [5, 5.41) is 13.4. The van der Waals surface area contributed by atoms with Crippen molar-refractivity contribution in [2.45, 2.75) is 89.2 Å². The van der Waals surface area contributed by atoms with Crippen molar-refractivity contribution in [3.8, 4) is 0 Å². The van der Waals surface area contributed by atoms with Crippen molar-refractivity contribution < 1.29 is 14.7 Å². The second-order valence-electron chi connectivity index (χ2n) is 7.25. The summed E-state index contributed by atoms with van der Waals surface area (Å²) in [6.45, 7) is 4.10. The van der Waals surface area contributed by atoms with Gasteiger partial charge in [0.1, 0.15) is 5.54 Å². The minimum atomic E-state index is -0.890. The summed E-state index contributed by atoms with van der Waals surface area (Å²) in [5.41, 5.74) is -1.69. The molecule has 0 aromatic carbocycles. The summed E-state index contributed by atoms with van der Waals surface area (Å²) in [6.07, 6.45) is 9.41. The van der Waals surface area contributed by atoms with Crippen LogP contribution in [-0.4, -0.2) is 39.6 Å². The first-order valence-electron chi connectivity index (χ1n) is 8.77. The van der Waals surface area contributed by atoms with Crippen LogP contribution < -0.4 is 5.32 Å². The molecule has 0 bridgehead atoms. The number of unbranched alkanes of at least 4 members (excludes halogenated alkanes) is 3. The summed E-state index contributed by atoms with van der Waals surface area (Å²) in [6, 6.07) is -0.345. The van der Waals surface area contributed by atoms with Crippen LogP contribution in [0.4, 0.5) is 4.79 Å². The summed E-state index contributed by atoms with van der Waals surface area (Å²) in [7, 11) is 0. The number of amides is 3. The third-order valence-corrected chi connectivity index (χ3v) is 5.11. The third-order valence-electron chi connectivity index (χ3n) is 5.11. The zero-order chi connectivity index (χ0) is 16.2. The molecule has 5 nitrogen and oxygen atoms in total. The highest BCUT2D eigenvalue weighted by molar-refractivity contribution is 6.06. The van der Waals surface area contributed by atoms with E-state index in [9.17, 15) is 14.7 Å². The molecule has 1 aliphatic heterocycles. The van der Waals surface area contributed by atoms with Crippen LogP contribution in [0.5, 0.6) is 0 Å². The number of nitrogens with one attached hydrogen (secondary N) is 1. The Hall–Kier alpha value is -1.10. The van der Waals surface area contributed by atoms with E-state index >= 15 is 0 Å². The molecule has 1 heterocycles. The van der Waals surface area contributed by atoms with Crippen molar-refractivity contribution in [1.29, 1.82) is 0 Å². The van der Waals surface area contributed by atoms with Gasteiger partial charge < -0.3 is 10.4 Å². The van der Waals surface area contributed by atoms with Gasteiger partial charge in [-0.25, -0.2) is 4.79 Å². The zero-order valence-corrected chi connectivity index (χ0v) is 14.0. The van der Waals surface area contributed by atoms with Crippen LogP contribution in [0.3, 0.4) is 0 Å². The average molecular weight is 310 g/mol. The lowest BCUT2D eigenvalue weighted by atomic mass is 9.84. The van der Waals surface area contributed by atoms with Crippen LogP contribution in [-0.2, 0) is 4.79 Å². The summed E-state index contributed by atoms with van der Waals surface area (Å²) in [5.74, 6) is -0.173. The van der Waals surface area contributed by atoms with Crippen LogP contribution in [0.2, 0.25) is 0 Å². The van der Waals surface area contributed by atoms with Gasteiger partial charge in [-0.05, 0) is 26.2 Å². The SMILES string of the molecule is CCCCCCC1(C)NC(=O)N(CC2(O)CCCCC2)C1=O. The van der Waals surface area contributed by atoms with E-state index in [0.717, 1.165) is 44.9 Å². The van der Waals surface area contributed by atoms with Gasteiger partial charge in [0.25, 0.3) is 5.91 Å². The predicted molar refractivity (Wildman–Crippen MR) is 85.4 cm³/mol. The molecule has 1 unspecified atom stereocenters. The fraction of sp³-hybridized carbons (Fsp3) is 0.882. The molecule has 126 valence electrons. The Kier molecular flexibility index (Phi) is 5.48. The Labute approximate surface area is 133 Å². The van der Waals surface area contributed by atoms with Crippen molar-refractivity contribution in [1.82, 2.24) is 10.2 Å². The number of carbonyl (C=O) groups is 2. The molecule has 5 heteroatoms. The molecule has 0 aromatic rings. The normalized spacial score (nSPS) is 28.0. The Morgan fingerprint density at radius 1 is 1.14 bits per heavy atom. The van der Waals surface area contributed by atoms with Crippen LogP contribution in [0.1, 0.15) is 78.1 Å². The Balaban J connectivity index is 1.95. The van der Waals surface area contributed by atoms with Gasteiger partial charge in [0.05, 0.1) is 12.1 Å². The third kappa shape index (κ3) is 3.80. The molecule has 2 N–H and O–H groups in total. The van der Waals surface area contributed by atoms with Gasteiger partial charge in [-0.2, -0.15) is 0 Å². The number of imide groups is 1. The minimum Gasteiger partial charge on any atom is -0.388 e. The van der Waals surface area contributed by atoms with E-state index in [0.29, 0.717) is 19.3 Å². The number of rotatable bonds is 7. The highest BCUT2D eigenvalue weighted by atomic mass is 16.3. The average Bonchev–Trinajstić information content (AvgIpc) is 2.68. The van der Waals surface area contributed by atoms with Gasteiger partial charge in [0.15, 0.2) is 0 Å². The Bertz CT molecular complexity index is 418. The number of nitrogens with zero attached hydrogens (tertiary/aromatic N) is 1. The van der Waals surface area contributed by atoms with Crippen molar-refractivity contribution in [2.75, 3.05) is 6.54 Å². The van der Waals surface area contributed by atoms with Gasteiger partial charge >= 0.3 is 6.03 Å². The maximum Gasteiger partial charge on any atom is 0.325 e. The van der Waals surface area contributed by atoms with Gasteiger partial charge in [0.2, 0.25) is 0 Å². The molecule has 1 atom stereocenters. The van der Waals surface area contributed by atoms with E-state index in [2.05, 4.69) is 12.2 Å². The molecule has 0 spiro atoms. The fourth-order valence-electron chi connectivity index (χ4n) is 3.63. The Morgan fingerprint density at radius 3 is 2.45 bits per heavy atom. The highest BCUT2D eigenvalue weighted by Gasteiger charge is 2.49. The predicted octanol–water partition coefficient (Wildman–Crippen LogP) is 2.96. The monoisotopic (exact) mass is 310 g/mol. The lowest BCUT2D eigenvalue weighted by Crippen LogP contribution is -2.48. The van der Waals surface area contributed by atoms with E-state index in [1.54, 1.807) is 0 Å². The molecule has 0 aromatic heterocycles. The summed E-state index contributed by atoms with van der Waals surface area (Å²) < 4.78 is 0. The largest absolute Gasteiger partial charge is 0.388 e. The molecular weight excluding hydrogens is 280 g/mol. The van der Waals surface area contributed by atoms with Crippen molar-refractivity contribution in [3.63, 3.8) is 0 Å². The van der Waals surface area contributed by atoms with Crippen molar-refractivity contribution in [3.05, 3.63) is 0 Å².